The SMILES string of the molecule is CN(C)C(=NCc1ccccc1)NCc1ccc(NC(=O)c2ccco2)cc1. The number of carbonyl (C=O) groups excluding carboxylic acids is 1. The Hall–Kier alpha value is -3.54. The molecule has 6 nitrogen and oxygen atoms in total. The first-order valence-corrected chi connectivity index (χ1v) is 9.05. The van der Waals surface area contributed by atoms with Crippen molar-refractivity contribution in [3.8, 4) is 0 Å². The molecule has 1 heterocycles. The summed E-state index contributed by atoms with van der Waals surface area (Å²) < 4.78 is 5.09. The topological polar surface area (TPSA) is 69.9 Å². The summed E-state index contributed by atoms with van der Waals surface area (Å²) in [4.78, 5) is 18.6. The van der Waals surface area contributed by atoms with Crippen LogP contribution in [0.2, 0.25) is 0 Å². The Kier molecular flexibility index (Phi) is 6.46. The minimum absolute atomic E-state index is 0.265. The minimum Gasteiger partial charge on any atom is -0.459 e. The number of nitrogens with zero attached hydrogens (tertiary/aromatic N) is 2. The Morgan fingerprint density at radius 1 is 0.964 bits per heavy atom. The second-order valence-electron chi connectivity index (χ2n) is 6.50. The molecular formula is C22H24N4O2. The van der Waals surface area contributed by atoms with E-state index in [-0.39, 0.29) is 11.7 Å². The summed E-state index contributed by atoms with van der Waals surface area (Å²) in [5.74, 6) is 0.842. The van der Waals surface area contributed by atoms with Gasteiger partial charge < -0.3 is 20.0 Å². The molecule has 0 saturated carbocycles. The van der Waals surface area contributed by atoms with Gasteiger partial charge in [0.2, 0.25) is 0 Å². The molecule has 0 bridgehead atoms. The Balaban J connectivity index is 1.55. The highest BCUT2D eigenvalue weighted by molar-refractivity contribution is 6.02. The molecule has 2 aromatic carbocycles. The van der Waals surface area contributed by atoms with Gasteiger partial charge in [-0.15, -0.1) is 0 Å². The summed E-state index contributed by atoms with van der Waals surface area (Å²) >= 11 is 0. The van der Waals surface area contributed by atoms with Gasteiger partial charge in [-0.25, -0.2) is 4.99 Å². The minimum atomic E-state index is -0.265. The zero-order chi connectivity index (χ0) is 19.8. The average molecular weight is 376 g/mol. The number of aliphatic imine (C=N–C) groups is 1. The molecule has 1 amide bonds. The average Bonchev–Trinajstić information content (AvgIpc) is 3.25. The van der Waals surface area contributed by atoms with Crippen molar-refractivity contribution in [1.29, 1.82) is 0 Å². The highest BCUT2D eigenvalue weighted by Gasteiger charge is 2.08. The van der Waals surface area contributed by atoms with Crippen LogP contribution in [-0.2, 0) is 13.1 Å². The van der Waals surface area contributed by atoms with Crippen LogP contribution in [0.25, 0.3) is 0 Å². The molecule has 0 aliphatic rings. The van der Waals surface area contributed by atoms with Crippen molar-refractivity contribution < 1.29 is 9.21 Å². The van der Waals surface area contributed by atoms with Crippen LogP contribution in [0.1, 0.15) is 21.7 Å². The summed E-state index contributed by atoms with van der Waals surface area (Å²) in [6, 6.07) is 21.1. The van der Waals surface area contributed by atoms with Gasteiger partial charge in [-0.3, -0.25) is 4.79 Å². The fourth-order valence-electron chi connectivity index (χ4n) is 2.59. The van der Waals surface area contributed by atoms with Crippen molar-refractivity contribution in [2.75, 3.05) is 19.4 Å². The van der Waals surface area contributed by atoms with Crippen LogP contribution in [0.15, 0.2) is 82.4 Å². The van der Waals surface area contributed by atoms with Crippen molar-refractivity contribution in [2.24, 2.45) is 4.99 Å². The molecule has 0 aliphatic carbocycles. The lowest BCUT2D eigenvalue weighted by Crippen LogP contribution is -2.36. The van der Waals surface area contributed by atoms with E-state index in [9.17, 15) is 4.79 Å². The van der Waals surface area contributed by atoms with Gasteiger partial charge in [-0.05, 0) is 35.4 Å². The molecule has 1 aromatic heterocycles. The van der Waals surface area contributed by atoms with Crippen molar-refractivity contribution in [3.63, 3.8) is 0 Å². The maximum Gasteiger partial charge on any atom is 0.291 e. The predicted octanol–water partition coefficient (Wildman–Crippen LogP) is 3.74. The Labute approximate surface area is 164 Å². The number of furan rings is 1. The summed E-state index contributed by atoms with van der Waals surface area (Å²) in [5.41, 5.74) is 2.97. The monoisotopic (exact) mass is 376 g/mol. The van der Waals surface area contributed by atoms with Gasteiger partial charge >= 0.3 is 0 Å². The molecule has 144 valence electrons. The molecule has 3 rings (SSSR count). The van der Waals surface area contributed by atoms with Gasteiger partial charge in [0.05, 0.1) is 12.8 Å². The van der Waals surface area contributed by atoms with E-state index < -0.39 is 0 Å². The van der Waals surface area contributed by atoms with Crippen LogP contribution in [0.5, 0.6) is 0 Å². The molecule has 0 atom stereocenters. The number of guanidine groups is 1. The molecule has 0 aliphatic heterocycles. The standard InChI is InChI=1S/C22H24N4O2/c1-26(2)22(23-15-17-7-4-3-5-8-17)24-16-18-10-12-19(13-11-18)25-21(27)20-9-6-14-28-20/h3-14H,15-16H2,1-2H3,(H,23,24)(H,25,27). The van der Waals surface area contributed by atoms with Crippen LogP contribution in [0.3, 0.4) is 0 Å². The van der Waals surface area contributed by atoms with E-state index >= 15 is 0 Å². The number of amides is 1. The summed E-state index contributed by atoms with van der Waals surface area (Å²) in [6.45, 7) is 1.26. The lowest BCUT2D eigenvalue weighted by atomic mass is 10.2. The molecule has 0 radical (unpaired) electrons. The maximum atomic E-state index is 12.0. The van der Waals surface area contributed by atoms with E-state index in [2.05, 4.69) is 27.8 Å². The predicted molar refractivity (Wildman–Crippen MR) is 111 cm³/mol. The van der Waals surface area contributed by atoms with Gasteiger partial charge in [0.25, 0.3) is 5.91 Å². The number of carbonyl (C=O) groups is 1. The largest absolute Gasteiger partial charge is 0.459 e. The van der Waals surface area contributed by atoms with Crippen LogP contribution >= 0.6 is 0 Å². The second-order valence-corrected chi connectivity index (χ2v) is 6.50. The van der Waals surface area contributed by atoms with E-state index in [1.165, 1.54) is 11.8 Å². The number of benzene rings is 2. The van der Waals surface area contributed by atoms with E-state index in [4.69, 9.17) is 4.42 Å². The molecule has 0 fully saturated rings. The molecule has 2 N–H and O–H groups in total. The highest BCUT2D eigenvalue weighted by atomic mass is 16.3. The van der Waals surface area contributed by atoms with Crippen LogP contribution < -0.4 is 10.6 Å². The molecular weight excluding hydrogens is 352 g/mol. The summed E-state index contributed by atoms with van der Waals surface area (Å²) in [5, 5.41) is 6.17. The molecule has 0 saturated heterocycles. The first kappa shape index (κ1) is 19.2. The maximum absolute atomic E-state index is 12.0. The third-order valence-electron chi connectivity index (χ3n) is 4.09. The highest BCUT2D eigenvalue weighted by Crippen LogP contribution is 2.12. The number of nitrogens with one attached hydrogen (secondary N) is 2. The quantitative estimate of drug-likeness (QED) is 0.508. The van der Waals surface area contributed by atoms with Crippen LogP contribution in [0.4, 0.5) is 5.69 Å². The number of hydrogen-bond donors (Lipinski definition) is 2. The smallest absolute Gasteiger partial charge is 0.291 e. The van der Waals surface area contributed by atoms with Crippen molar-refractivity contribution in [3.05, 3.63) is 89.9 Å². The second kappa shape index (κ2) is 9.41. The first-order valence-electron chi connectivity index (χ1n) is 9.05. The molecule has 3 aromatic rings. The normalized spacial score (nSPS) is 11.1. The van der Waals surface area contributed by atoms with Crippen LogP contribution in [-0.4, -0.2) is 30.9 Å². The van der Waals surface area contributed by atoms with Crippen molar-refractivity contribution in [1.82, 2.24) is 10.2 Å². The van der Waals surface area contributed by atoms with Gasteiger partial charge in [-0.2, -0.15) is 0 Å². The third kappa shape index (κ3) is 5.48. The third-order valence-corrected chi connectivity index (χ3v) is 4.09. The zero-order valence-corrected chi connectivity index (χ0v) is 16.1. The first-order chi connectivity index (χ1) is 13.6. The van der Waals surface area contributed by atoms with Gasteiger partial charge in [0.15, 0.2) is 11.7 Å². The Morgan fingerprint density at radius 2 is 1.71 bits per heavy atom. The zero-order valence-electron chi connectivity index (χ0n) is 16.1. The van der Waals surface area contributed by atoms with E-state index in [0.29, 0.717) is 13.1 Å². The Morgan fingerprint density at radius 3 is 2.36 bits per heavy atom. The molecule has 0 spiro atoms. The molecule has 28 heavy (non-hydrogen) atoms. The Bertz CT molecular complexity index is 901. The molecule has 6 heteroatoms. The van der Waals surface area contributed by atoms with E-state index in [0.717, 1.165) is 17.2 Å². The van der Waals surface area contributed by atoms with Crippen LogP contribution in [0, 0.1) is 0 Å². The number of anilines is 1. The molecule has 0 unspecified atom stereocenters. The number of rotatable bonds is 6. The van der Waals surface area contributed by atoms with Gasteiger partial charge in [0, 0.05) is 26.3 Å². The fourth-order valence-corrected chi connectivity index (χ4v) is 2.59. The van der Waals surface area contributed by atoms with Gasteiger partial charge in [-0.1, -0.05) is 42.5 Å². The summed E-state index contributed by atoms with van der Waals surface area (Å²) in [7, 11) is 3.92. The summed E-state index contributed by atoms with van der Waals surface area (Å²) in [6.07, 6.45) is 1.48. The van der Waals surface area contributed by atoms with E-state index in [1.54, 1.807) is 12.1 Å². The fraction of sp³-hybridized carbons (Fsp3) is 0.182. The van der Waals surface area contributed by atoms with E-state index in [1.807, 2.05) is 61.5 Å². The lowest BCUT2D eigenvalue weighted by Gasteiger charge is -2.18. The lowest BCUT2D eigenvalue weighted by molar-refractivity contribution is 0.0996. The number of hydrogen-bond acceptors (Lipinski definition) is 3. The van der Waals surface area contributed by atoms with Crippen molar-refractivity contribution >= 4 is 17.6 Å². The van der Waals surface area contributed by atoms with Gasteiger partial charge in [0.1, 0.15) is 0 Å². The van der Waals surface area contributed by atoms with Crippen molar-refractivity contribution in [2.45, 2.75) is 13.1 Å².